The third kappa shape index (κ3) is 3.97. The highest BCUT2D eigenvalue weighted by Gasteiger charge is 2.20. The molecule has 1 unspecified atom stereocenters. The lowest BCUT2D eigenvalue weighted by Gasteiger charge is -2.12. The third-order valence-corrected chi connectivity index (χ3v) is 5.68. The molecular formula is C21H19N5O3S. The normalized spacial score (nSPS) is 12.1. The van der Waals surface area contributed by atoms with Gasteiger partial charge in [0.1, 0.15) is 0 Å². The van der Waals surface area contributed by atoms with Crippen LogP contribution in [0.15, 0.2) is 64.4 Å². The van der Waals surface area contributed by atoms with Gasteiger partial charge in [0.25, 0.3) is 5.69 Å². The van der Waals surface area contributed by atoms with Gasteiger partial charge in [-0.25, -0.2) is 4.98 Å². The van der Waals surface area contributed by atoms with Gasteiger partial charge in [-0.1, -0.05) is 29.5 Å². The van der Waals surface area contributed by atoms with E-state index in [4.69, 9.17) is 4.42 Å². The fraction of sp³-hybridized carbons (Fsp3) is 0.190. The lowest BCUT2D eigenvalue weighted by atomic mass is 10.1. The quantitative estimate of drug-likeness (QED) is 0.236. The van der Waals surface area contributed by atoms with Crippen LogP contribution in [0.2, 0.25) is 0 Å². The summed E-state index contributed by atoms with van der Waals surface area (Å²) in [6.45, 7) is 6.12. The van der Waals surface area contributed by atoms with Crippen LogP contribution in [0.1, 0.15) is 29.2 Å². The van der Waals surface area contributed by atoms with Crippen LogP contribution in [0.4, 0.5) is 5.69 Å². The van der Waals surface area contributed by atoms with E-state index < -0.39 is 4.92 Å². The van der Waals surface area contributed by atoms with Crippen molar-refractivity contribution in [3.05, 3.63) is 82.0 Å². The molecule has 0 fully saturated rings. The molecule has 30 heavy (non-hydrogen) atoms. The van der Waals surface area contributed by atoms with Gasteiger partial charge in [-0.2, -0.15) is 0 Å². The van der Waals surface area contributed by atoms with Gasteiger partial charge in [0.2, 0.25) is 11.8 Å². The first-order valence-corrected chi connectivity index (χ1v) is 10.2. The lowest BCUT2D eigenvalue weighted by Crippen LogP contribution is -2.00. The van der Waals surface area contributed by atoms with Crippen molar-refractivity contribution in [2.45, 2.75) is 31.2 Å². The maximum absolute atomic E-state index is 10.8. The van der Waals surface area contributed by atoms with Crippen LogP contribution in [0.25, 0.3) is 17.1 Å². The van der Waals surface area contributed by atoms with Gasteiger partial charge in [0, 0.05) is 30.1 Å². The molecule has 0 aliphatic rings. The van der Waals surface area contributed by atoms with E-state index in [1.54, 1.807) is 18.3 Å². The van der Waals surface area contributed by atoms with Crippen LogP contribution in [0.3, 0.4) is 0 Å². The van der Waals surface area contributed by atoms with Crippen LogP contribution < -0.4 is 0 Å². The summed E-state index contributed by atoms with van der Waals surface area (Å²) < 4.78 is 7.86. The number of benzene rings is 2. The van der Waals surface area contributed by atoms with Crippen molar-refractivity contribution in [1.29, 1.82) is 0 Å². The maximum atomic E-state index is 10.8. The Kier molecular flexibility index (Phi) is 5.37. The Hall–Kier alpha value is -3.46. The molecular weight excluding hydrogens is 402 g/mol. The van der Waals surface area contributed by atoms with Crippen molar-refractivity contribution in [2.75, 3.05) is 0 Å². The van der Waals surface area contributed by atoms with Gasteiger partial charge >= 0.3 is 0 Å². The minimum absolute atomic E-state index is 0.0145. The van der Waals surface area contributed by atoms with Gasteiger partial charge in [0.15, 0.2) is 5.16 Å². The average Bonchev–Trinajstić information content (AvgIpc) is 3.38. The first kappa shape index (κ1) is 19.8. The van der Waals surface area contributed by atoms with Crippen molar-refractivity contribution in [2.24, 2.45) is 0 Å². The second kappa shape index (κ2) is 8.11. The molecule has 2 heterocycles. The molecule has 9 heteroatoms. The summed E-state index contributed by atoms with van der Waals surface area (Å²) in [5.41, 5.74) is 4.10. The van der Waals surface area contributed by atoms with Gasteiger partial charge < -0.3 is 4.42 Å². The summed E-state index contributed by atoms with van der Waals surface area (Å²) in [6, 6.07) is 12.3. The zero-order valence-electron chi connectivity index (χ0n) is 16.6. The van der Waals surface area contributed by atoms with E-state index in [2.05, 4.69) is 47.2 Å². The molecule has 1 atom stereocenters. The Labute approximate surface area is 177 Å². The summed E-state index contributed by atoms with van der Waals surface area (Å²) >= 11 is 1.52. The van der Waals surface area contributed by atoms with Crippen molar-refractivity contribution >= 4 is 17.4 Å². The molecule has 0 saturated carbocycles. The van der Waals surface area contributed by atoms with E-state index in [0.29, 0.717) is 17.3 Å². The Morgan fingerprint density at radius 1 is 1.13 bits per heavy atom. The lowest BCUT2D eigenvalue weighted by molar-refractivity contribution is -0.384. The van der Waals surface area contributed by atoms with Crippen LogP contribution in [0.5, 0.6) is 0 Å². The van der Waals surface area contributed by atoms with E-state index in [1.807, 2.05) is 17.7 Å². The van der Waals surface area contributed by atoms with Crippen molar-refractivity contribution in [3.63, 3.8) is 0 Å². The number of nitro groups is 1. The zero-order valence-corrected chi connectivity index (χ0v) is 17.5. The Bertz CT molecular complexity index is 1200. The molecule has 0 spiro atoms. The van der Waals surface area contributed by atoms with Crippen LogP contribution in [0, 0.1) is 24.0 Å². The second-order valence-electron chi connectivity index (χ2n) is 6.88. The molecule has 2 aromatic heterocycles. The van der Waals surface area contributed by atoms with Gasteiger partial charge in [-0.15, -0.1) is 10.2 Å². The number of thioether (sulfide) groups is 1. The number of imidazole rings is 1. The molecule has 4 aromatic rings. The summed E-state index contributed by atoms with van der Waals surface area (Å²) in [7, 11) is 0. The number of non-ortho nitro benzene ring substituents is 1. The fourth-order valence-electron chi connectivity index (χ4n) is 3.09. The van der Waals surface area contributed by atoms with Crippen molar-refractivity contribution in [3.8, 4) is 17.1 Å². The van der Waals surface area contributed by atoms with Gasteiger partial charge in [-0.05, 0) is 44.5 Å². The molecule has 0 radical (unpaired) electrons. The van der Waals surface area contributed by atoms with E-state index in [1.165, 1.54) is 35.0 Å². The summed E-state index contributed by atoms with van der Waals surface area (Å²) in [5, 5.41) is 19.7. The third-order valence-electron chi connectivity index (χ3n) is 4.61. The van der Waals surface area contributed by atoms with Crippen LogP contribution in [-0.2, 0) is 0 Å². The predicted octanol–water partition coefficient (Wildman–Crippen LogP) is 5.30. The minimum Gasteiger partial charge on any atom is -0.419 e. The largest absolute Gasteiger partial charge is 0.419 e. The van der Waals surface area contributed by atoms with Gasteiger partial charge in [0.05, 0.1) is 15.9 Å². The molecule has 0 aliphatic carbocycles. The first-order chi connectivity index (χ1) is 14.4. The number of aromatic nitrogens is 4. The molecule has 0 N–H and O–H groups in total. The zero-order chi connectivity index (χ0) is 21.3. The molecule has 0 aliphatic heterocycles. The number of aryl methyl sites for hydroxylation is 2. The summed E-state index contributed by atoms with van der Waals surface area (Å²) in [6.07, 6.45) is 3.70. The molecule has 0 bridgehead atoms. The van der Waals surface area contributed by atoms with E-state index >= 15 is 0 Å². The number of hydrogen-bond acceptors (Lipinski definition) is 7. The maximum Gasteiger partial charge on any atom is 0.269 e. The summed E-state index contributed by atoms with van der Waals surface area (Å²) in [4.78, 5) is 14.8. The monoisotopic (exact) mass is 421 g/mol. The van der Waals surface area contributed by atoms with E-state index in [0.717, 1.165) is 10.8 Å². The van der Waals surface area contributed by atoms with E-state index in [9.17, 15) is 10.1 Å². The second-order valence-corrected chi connectivity index (χ2v) is 8.19. The SMILES string of the molecule is Cc1ccc(-n2ccnc2SC(C)c2nnc(-c3ccc([N+](=O)[O-])cc3)o2)c(C)c1. The molecule has 0 amide bonds. The standard InChI is InChI=1S/C21H19N5O3S/c1-13-4-9-18(14(2)12-13)25-11-10-22-21(25)30-15(3)19-23-24-20(29-19)16-5-7-17(8-6-16)26(27)28/h4-12,15H,1-3H3. The molecule has 152 valence electrons. The van der Waals surface area contributed by atoms with Crippen molar-refractivity contribution < 1.29 is 9.34 Å². The van der Waals surface area contributed by atoms with E-state index in [-0.39, 0.29) is 10.9 Å². The summed E-state index contributed by atoms with van der Waals surface area (Å²) in [5.74, 6) is 0.786. The van der Waals surface area contributed by atoms with Gasteiger partial charge in [-0.3, -0.25) is 14.7 Å². The number of nitrogens with zero attached hydrogens (tertiary/aromatic N) is 5. The fourth-order valence-corrected chi connectivity index (χ4v) is 3.99. The van der Waals surface area contributed by atoms with Crippen LogP contribution in [-0.4, -0.2) is 24.7 Å². The Morgan fingerprint density at radius 2 is 1.90 bits per heavy atom. The number of rotatable bonds is 6. The Balaban J connectivity index is 1.54. The molecule has 2 aromatic carbocycles. The van der Waals surface area contributed by atoms with Crippen LogP contribution >= 0.6 is 11.8 Å². The highest BCUT2D eigenvalue weighted by molar-refractivity contribution is 7.99. The number of hydrogen-bond donors (Lipinski definition) is 0. The number of nitro benzene ring substituents is 1. The molecule has 0 saturated heterocycles. The highest BCUT2D eigenvalue weighted by Crippen LogP contribution is 2.35. The highest BCUT2D eigenvalue weighted by atomic mass is 32.2. The topological polar surface area (TPSA) is 99.9 Å². The van der Waals surface area contributed by atoms with Crippen molar-refractivity contribution in [1.82, 2.24) is 19.7 Å². The molecule has 8 nitrogen and oxygen atoms in total. The molecule has 4 rings (SSSR count). The smallest absolute Gasteiger partial charge is 0.269 e. The average molecular weight is 421 g/mol. The first-order valence-electron chi connectivity index (χ1n) is 9.28. The predicted molar refractivity (Wildman–Crippen MR) is 114 cm³/mol. The Morgan fingerprint density at radius 3 is 2.60 bits per heavy atom. The minimum atomic E-state index is -0.445.